The van der Waals surface area contributed by atoms with Crippen LogP contribution in [0.3, 0.4) is 0 Å². The van der Waals surface area contributed by atoms with Crippen LogP contribution in [-0.4, -0.2) is 56.9 Å². The van der Waals surface area contributed by atoms with Gasteiger partial charge in [0.05, 0.1) is 12.0 Å². The number of rotatable bonds is 9. The molecule has 3 N–H and O–H groups in total. The highest BCUT2D eigenvalue weighted by Crippen LogP contribution is 2.14. The van der Waals surface area contributed by atoms with E-state index in [0.717, 1.165) is 0 Å². The van der Waals surface area contributed by atoms with E-state index in [0.29, 0.717) is 11.9 Å². The maximum Gasteiger partial charge on any atom is 0.326 e. The number of hydrogen-bond donors (Lipinski definition) is 3. The Kier molecular flexibility index (Phi) is 6.61. The van der Waals surface area contributed by atoms with Crippen LogP contribution in [0.15, 0.2) is 12.5 Å². The summed E-state index contributed by atoms with van der Waals surface area (Å²) in [6, 6.07) is -1.28. The minimum atomic E-state index is -1.29. The van der Waals surface area contributed by atoms with Gasteiger partial charge in [0.2, 0.25) is 5.78 Å². The number of imidazole rings is 1. The number of hydrogen-bond acceptors (Lipinski definition) is 5. The number of H-pyrrole nitrogens is 1. The number of aromatic amines is 1. The number of aromatic nitrogens is 2. The number of aliphatic carboxylic acids is 1. The lowest BCUT2D eigenvalue weighted by Crippen LogP contribution is -2.43. The van der Waals surface area contributed by atoms with E-state index < -0.39 is 29.8 Å². The lowest BCUT2D eigenvalue weighted by molar-refractivity contribution is -0.144. The number of carboxylic acid groups (broad SMARTS) is 1. The molecule has 1 rings (SSSR count). The van der Waals surface area contributed by atoms with Gasteiger partial charge in [0.15, 0.2) is 6.10 Å². The van der Waals surface area contributed by atoms with E-state index >= 15 is 0 Å². The highest BCUT2D eigenvalue weighted by atomic mass is 16.5. The molecule has 10 heteroatoms. The summed E-state index contributed by atoms with van der Waals surface area (Å²) in [7, 11) is 1.29. The summed E-state index contributed by atoms with van der Waals surface area (Å²) in [5.74, 6) is -2.54. The molecule has 0 bridgehead atoms. The second-order valence-corrected chi connectivity index (χ2v) is 4.26. The van der Waals surface area contributed by atoms with Crippen LogP contribution in [0, 0.1) is 0 Å². The predicted octanol–water partition coefficient (Wildman–Crippen LogP) is -0.683. The van der Waals surface area contributed by atoms with Crippen LogP contribution >= 0.6 is 0 Å². The number of Topliss-reactive ketones (excluding diaryl/α,β-unsaturated/α-hetero) is 1. The zero-order valence-corrected chi connectivity index (χ0v) is 11.7. The number of amides is 1. The van der Waals surface area contributed by atoms with Gasteiger partial charge in [-0.2, -0.15) is 4.79 Å². The summed E-state index contributed by atoms with van der Waals surface area (Å²) in [6.45, 7) is 0. The molecule has 0 aliphatic carbocycles. The zero-order valence-electron chi connectivity index (χ0n) is 11.7. The van der Waals surface area contributed by atoms with Gasteiger partial charge in [0, 0.05) is 19.7 Å². The first kappa shape index (κ1) is 17.2. The number of nitrogens with zero attached hydrogens (tertiary/aromatic N) is 3. The van der Waals surface area contributed by atoms with Gasteiger partial charge in [0.1, 0.15) is 6.04 Å². The summed E-state index contributed by atoms with van der Waals surface area (Å²) < 4.78 is 4.99. The predicted molar refractivity (Wildman–Crippen MR) is 71.8 cm³/mol. The van der Waals surface area contributed by atoms with Crippen LogP contribution in [0.25, 0.3) is 5.53 Å². The molecule has 118 valence electrons. The average Bonchev–Trinajstić information content (AvgIpc) is 2.98. The molecule has 1 heterocycles. The van der Waals surface area contributed by atoms with Crippen LogP contribution in [0.2, 0.25) is 0 Å². The smallest absolute Gasteiger partial charge is 0.326 e. The molecule has 0 aliphatic rings. The number of methoxy groups -OCH3 is 1. The highest BCUT2D eigenvalue weighted by Gasteiger charge is 2.27. The molecule has 0 saturated carbocycles. The van der Waals surface area contributed by atoms with Crippen LogP contribution < -0.4 is 5.32 Å². The molecule has 0 spiro atoms. The molecular weight excluding hydrogens is 294 g/mol. The minimum Gasteiger partial charge on any atom is -0.480 e. The van der Waals surface area contributed by atoms with Gasteiger partial charge in [-0.1, -0.05) is 0 Å². The Labute approximate surface area is 125 Å². The molecule has 0 aliphatic heterocycles. The van der Waals surface area contributed by atoms with E-state index in [1.54, 1.807) is 0 Å². The Morgan fingerprint density at radius 1 is 1.59 bits per heavy atom. The Hall–Kier alpha value is -2.84. The molecule has 0 unspecified atom stereocenters. The number of ketones is 1. The second-order valence-electron chi connectivity index (χ2n) is 4.26. The van der Waals surface area contributed by atoms with Crippen molar-refractivity contribution in [2.75, 3.05) is 7.11 Å². The SMILES string of the molecule is CO[C@@H](C(=O)N[C@@H](CCC(=O)C=[N+]=[N-])C(=O)O)c1c[nH]cn1. The Morgan fingerprint density at radius 3 is 2.82 bits per heavy atom. The largest absolute Gasteiger partial charge is 0.480 e. The quantitative estimate of drug-likeness (QED) is 0.311. The van der Waals surface area contributed by atoms with Gasteiger partial charge in [-0.25, -0.2) is 9.78 Å². The fourth-order valence-corrected chi connectivity index (χ4v) is 1.70. The van der Waals surface area contributed by atoms with E-state index in [1.165, 1.54) is 19.6 Å². The Balaban J connectivity index is 2.69. The molecule has 0 saturated heterocycles. The molecule has 2 atom stereocenters. The molecule has 1 aromatic heterocycles. The first-order valence-electron chi connectivity index (χ1n) is 6.24. The molecule has 1 aromatic rings. The van der Waals surface area contributed by atoms with Crippen molar-refractivity contribution in [3.05, 3.63) is 23.7 Å². The van der Waals surface area contributed by atoms with Crippen molar-refractivity contribution < 1.29 is 29.0 Å². The van der Waals surface area contributed by atoms with Crippen LogP contribution in [0.5, 0.6) is 0 Å². The van der Waals surface area contributed by atoms with Gasteiger partial charge >= 0.3 is 12.2 Å². The topological polar surface area (TPSA) is 158 Å². The van der Waals surface area contributed by atoms with Gasteiger partial charge in [-0.3, -0.25) is 9.59 Å². The molecule has 1 amide bonds. The maximum absolute atomic E-state index is 12.1. The van der Waals surface area contributed by atoms with Gasteiger partial charge in [-0.05, 0) is 6.42 Å². The normalized spacial score (nSPS) is 12.8. The van der Waals surface area contributed by atoms with E-state index in [1.807, 2.05) is 0 Å². The van der Waals surface area contributed by atoms with E-state index in [-0.39, 0.29) is 12.8 Å². The van der Waals surface area contributed by atoms with E-state index in [4.69, 9.17) is 15.4 Å². The molecular formula is C12H15N5O5. The number of nitrogens with one attached hydrogen (secondary N) is 2. The minimum absolute atomic E-state index is 0.150. The van der Waals surface area contributed by atoms with Crippen molar-refractivity contribution in [2.24, 2.45) is 0 Å². The van der Waals surface area contributed by atoms with Crippen molar-refractivity contribution in [3.8, 4) is 0 Å². The number of carbonyl (C=O) groups excluding carboxylic acids is 2. The summed E-state index contributed by atoms with van der Waals surface area (Å²) >= 11 is 0. The van der Waals surface area contributed by atoms with Crippen LogP contribution in [-0.2, 0) is 19.1 Å². The zero-order chi connectivity index (χ0) is 16.5. The fraction of sp³-hybridized carbons (Fsp3) is 0.417. The standard InChI is InChI=1S/C12H15N5O5/c1-22-10(9-5-14-6-15-9)11(19)17-8(12(20)21)3-2-7(18)4-16-13/h4-6,8,10H,2-3H2,1H3,(H,14,15)(H,17,19)(H,20,21)/t8-,10+/m0/s1. The van der Waals surface area contributed by atoms with Crippen molar-refractivity contribution >= 4 is 23.9 Å². The van der Waals surface area contributed by atoms with Crippen LogP contribution in [0.1, 0.15) is 24.6 Å². The monoisotopic (exact) mass is 309 g/mol. The summed E-state index contributed by atoms with van der Waals surface area (Å²) in [5, 5.41) is 11.4. The number of carboxylic acids is 1. The lowest BCUT2D eigenvalue weighted by atomic mass is 10.1. The van der Waals surface area contributed by atoms with Gasteiger partial charge in [0.25, 0.3) is 5.91 Å². The van der Waals surface area contributed by atoms with Crippen molar-refractivity contribution in [1.82, 2.24) is 15.3 Å². The molecule has 0 radical (unpaired) electrons. The number of ether oxygens (including phenoxy) is 1. The molecule has 10 nitrogen and oxygen atoms in total. The third-order valence-corrected chi connectivity index (χ3v) is 2.76. The average molecular weight is 309 g/mol. The van der Waals surface area contributed by atoms with E-state index in [9.17, 15) is 14.4 Å². The first-order valence-corrected chi connectivity index (χ1v) is 6.24. The van der Waals surface area contributed by atoms with Crippen molar-refractivity contribution in [3.63, 3.8) is 0 Å². The van der Waals surface area contributed by atoms with Gasteiger partial charge in [-0.15, -0.1) is 0 Å². The van der Waals surface area contributed by atoms with Crippen molar-refractivity contribution in [1.29, 1.82) is 0 Å². The third-order valence-electron chi connectivity index (χ3n) is 2.76. The van der Waals surface area contributed by atoms with Crippen LogP contribution in [0.4, 0.5) is 0 Å². The Bertz CT molecular complexity index is 579. The molecule has 22 heavy (non-hydrogen) atoms. The third kappa shape index (κ3) is 4.93. The summed E-state index contributed by atoms with van der Waals surface area (Å²) in [6.07, 6.45) is 2.07. The maximum atomic E-state index is 12.1. The van der Waals surface area contributed by atoms with Crippen molar-refractivity contribution in [2.45, 2.75) is 25.0 Å². The Morgan fingerprint density at radius 2 is 2.32 bits per heavy atom. The highest BCUT2D eigenvalue weighted by molar-refractivity contribution is 6.25. The van der Waals surface area contributed by atoms with E-state index in [2.05, 4.69) is 20.1 Å². The fourth-order valence-electron chi connectivity index (χ4n) is 1.70. The number of carbonyl (C=O) groups is 3. The van der Waals surface area contributed by atoms with Gasteiger partial charge < -0.3 is 25.7 Å². The molecule has 0 aromatic carbocycles. The lowest BCUT2D eigenvalue weighted by Gasteiger charge is -2.17. The second kappa shape index (κ2) is 8.45. The first-order chi connectivity index (χ1) is 10.5. The summed E-state index contributed by atoms with van der Waals surface area (Å²) in [4.78, 5) is 43.4. The summed E-state index contributed by atoms with van der Waals surface area (Å²) in [5.41, 5.74) is 8.50. The molecule has 0 fully saturated rings.